The first-order valence-electron chi connectivity index (χ1n) is 23.8. The van der Waals surface area contributed by atoms with Crippen molar-refractivity contribution in [1.82, 2.24) is 40.4 Å². The zero-order chi connectivity index (χ0) is 48.1. The molecule has 0 radical (unpaired) electrons. The molecule has 1 aliphatic carbocycles. The van der Waals surface area contributed by atoms with Crippen LogP contribution in [0.4, 0.5) is 13.6 Å². The predicted molar refractivity (Wildman–Crippen MR) is 252 cm³/mol. The van der Waals surface area contributed by atoms with Crippen LogP contribution in [0.25, 0.3) is 44.5 Å². The van der Waals surface area contributed by atoms with E-state index in [1.165, 1.54) is 13.2 Å². The summed E-state index contributed by atoms with van der Waals surface area (Å²) >= 11 is 0. The molecule has 3 amide bonds. The fraction of sp³-hybridized carbons (Fsp3) is 0.404. The van der Waals surface area contributed by atoms with Crippen LogP contribution in [0, 0.1) is 5.92 Å². The van der Waals surface area contributed by atoms with Crippen LogP contribution in [-0.2, 0) is 39.2 Å². The van der Waals surface area contributed by atoms with E-state index >= 15 is 8.78 Å². The molecule has 4 atom stereocenters. The molecule has 16 nitrogen and oxygen atoms in total. The predicted octanol–water partition coefficient (Wildman–Crippen LogP) is 7.51. The van der Waals surface area contributed by atoms with E-state index in [9.17, 15) is 14.4 Å². The van der Waals surface area contributed by atoms with Crippen molar-refractivity contribution < 1.29 is 46.8 Å². The monoisotopic (exact) mass is 956 g/mol. The lowest BCUT2D eigenvalue weighted by Gasteiger charge is -2.34. The smallest absolute Gasteiger partial charge is 0.407 e. The van der Waals surface area contributed by atoms with E-state index in [0.29, 0.717) is 115 Å². The second-order valence-electron chi connectivity index (χ2n) is 18.7. The minimum absolute atomic E-state index is 0.0914. The number of nitrogens with zero attached hydrogens (tertiary/aromatic N) is 4. The van der Waals surface area contributed by atoms with Crippen LogP contribution in [0.1, 0.15) is 78.6 Å². The molecule has 2 aromatic heterocycles. The van der Waals surface area contributed by atoms with Crippen LogP contribution in [0.5, 0.6) is 0 Å². The van der Waals surface area contributed by atoms with Crippen LogP contribution in [0.2, 0.25) is 0 Å². The van der Waals surface area contributed by atoms with Gasteiger partial charge in [-0.05, 0) is 83.7 Å². The summed E-state index contributed by atoms with van der Waals surface area (Å²) in [7, 11) is 2.83. The summed E-state index contributed by atoms with van der Waals surface area (Å²) in [6.07, 6.45) is 3.95. The first-order chi connectivity index (χ1) is 34.0. The summed E-state index contributed by atoms with van der Waals surface area (Å²) in [5.74, 6) is -3.77. The minimum Gasteiger partial charge on any atom is -0.453 e. The number of alkyl carbamates (subject to hydrolysis) is 1. The molecule has 4 N–H and O–H groups in total. The number of carbonyl (C=O) groups is 3. The molecule has 0 saturated carbocycles. The maximum Gasteiger partial charge on any atom is 0.407 e. The second kappa shape index (κ2) is 18.6. The summed E-state index contributed by atoms with van der Waals surface area (Å²) in [5.41, 5.74) is 5.27. The number of likely N-dealkylation sites (tertiary alicyclic amines) is 2. The topological polar surface area (TPSA) is 185 Å². The highest BCUT2D eigenvalue weighted by Crippen LogP contribution is 2.53. The summed E-state index contributed by atoms with van der Waals surface area (Å²) in [5, 5.41) is 6.00. The number of carbonyl (C=O) groups excluding carboxylic acids is 3. The van der Waals surface area contributed by atoms with Gasteiger partial charge in [-0.25, -0.2) is 14.8 Å². The number of rotatable bonds is 12. The average molecular weight is 957 g/mol. The van der Waals surface area contributed by atoms with Gasteiger partial charge in [0, 0.05) is 50.0 Å². The first-order valence-corrected chi connectivity index (χ1v) is 23.8. The Morgan fingerprint density at radius 2 is 1.53 bits per heavy atom. The quantitative estimate of drug-likeness (QED) is 0.0891. The molecule has 364 valence electrons. The van der Waals surface area contributed by atoms with E-state index in [-0.39, 0.29) is 48.2 Å². The maximum atomic E-state index is 16.7. The van der Waals surface area contributed by atoms with Crippen molar-refractivity contribution in [3.05, 3.63) is 119 Å². The Morgan fingerprint density at radius 1 is 0.814 bits per heavy atom. The fourth-order valence-electron chi connectivity index (χ4n) is 11.0. The zero-order valence-electron chi connectivity index (χ0n) is 38.8. The number of aromatic amines is 2. The Balaban J connectivity index is 0.835. The molecular weight excluding hydrogens is 903 g/mol. The molecule has 1 spiro atoms. The number of H-pyrrole nitrogens is 2. The van der Waals surface area contributed by atoms with E-state index in [4.69, 9.17) is 28.7 Å². The van der Waals surface area contributed by atoms with Crippen molar-refractivity contribution in [3.8, 4) is 33.5 Å². The number of halogens is 2. The van der Waals surface area contributed by atoms with E-state index in [1.807, 2.05) is 65.6 Å². The first kappa shape index (κ1) is 45.8. The molecule has 6 heterocycles. The van der Waals surface area contributed by atoms with E-state index in [0.717, 1.165) is 12.0 Å². The molecule has 4 aromatic carbocycles. The molecule has 70 heavy (non-hydrogen) atoms. The Kier molecular flexibility index (Phi) is 12.2. The fourth-order valence-corrected chi connectivity index (χ4v) is 11.0. The summed E-state index contributed by atoms with van der Waals surface area (Å²) in [6, 6.07) is 22.9. The summed E-state index contributed by atoms with van der Waals surface area (Å²) in [4.78, 5) is 61.0. The van der Waals surface area contributed by atoms with E-state index < -0.39 is 35.9 Å². The third kappa shape index (κ3) is 8.30. The Labute approximate surface area is 402 Å². The Bertz CT molecular complexity index is 2930. The van der Waals surface area contributed by atoms with E-state index in [2.05, 4.69) is 25.6 Å². The number of aromatic nitrogens is 4. The van der Waals surface area contributed by atoms with Crippen LogP contribution < -0.4 is 10.6 Å². The lowest BCUT2D eigenvalue weighted by Crippen LogP contribution is -2.54. The number of ether oxygens (including phenoxy) is 5. The van der Waals surface area contributed by atoms with Gasteiger partial charge in [0.15, 0.2) is 5.79 Å². The molecule has 6 aromatic rings. The number of nitrogens with one attached hydrogen (secondary N) is 4. The number of methoxy groups -OCH3 is 2. The molecule has 4 fully saturated rings. The molecule has 1 unspecified atom stereocenters. The summed E-state index contributed by atoms with van der Waals surface area (Å²) < 4.78 is 61.4. The molecule has 11 rings (SSSR count). The second-order valence-corrected chi connectivity index (χ2v) is 18.7. The molecule has 5 aliphatic rings. The number of fused-ring (bicyclic) bond motifs is 4. The van der Waals surface area contributed by atoms with Crippen molar-refractivity contribution in [2.24, 2.45) is 5.92 Å². The van der Waals surface area contributed by atoms with Crippen LogP contribution in [-0.4, -0.2) is 120 Å². The van der Waals surface area contributed by atoms with Gasteiger partial charge in [0.05, 0.1) is 68.6 Å². The summed E-state index contributed by atoms with van der Waals surface area (Å²) in [6.45, 7) is 2.61. The highest BCUT2D eigenvalue weighted by Gasteiger charge is 2.53. The molecule has 18 heteroatoms. The molecule has 0 bridgehead atoms. The number of alkyl halides is 2. The van der Waals surface area contributed by atoms with Crippen molar-refractivity contribution >= 4 is 28.9 Å². The SMILES string of the molecule is COCN[C@@H](C(=O)N1CCCC1c1ncc(-c2ccc3c(c2)C(F)(F)c2cc(-c4ccc5nc([C@@H]6CC7(CN6C(=O)[C@@H](NC(=O)OC)C6CCOCC6)OCCO7)[nH]c5c4)ccc2-3)[nH]1)c1ccccc1. The van der Waals surface area contributed by atoms with Gasteiger partial charge in [0.25, 0.3) is 5.92 Å². The van der Waals surface area contributed by atoms with Gasteiger partial charge in [0.2, 0.25) is 11.8 Å². The normalized spacial score (nSPS) is 21.3. The number of hydrogen-bond donors (Lipinski definition) is 4. The van der Waals surface area contributed by atoms with Crippen molar-refractivity contribution in [2.45, 2.75) is 68.0 Å². The van der Waals surface area contributed by atoms with Gasteiger partial charge in [-0.1, -0.05) is 60.7 Å². The molecule has 4 aliphatic heterocycles. The van der Waals surface area contributed by atoms with Gasteiger partial charge in [-0.15, -0.1) is 0 Å². The Morgan fingerprint density at radius 3 is 2.27 bits per heavy atom. The number of imidazole rings is 2. The van der Waals surface area contributed by atoms with Crippen LogP contribution >= 0.6 is 0 Å². The van der Waals surface area contributed by atoms with Gasteiger partial charge in [0.1, 0.15) is 23.7 Å². The lowest BCUT2D eigenvalue weighted by molar-refractivity contribution is -0.154. The van der Waals surface area contributed by atoms with Gasteiger partial charge in [-0.2, -0.15) is 8.78 Å². The standard InChI is InChI=1S/C52H54F2N8O8/c1-66-29-56-44(30-7-4-3-5-8-30)48(63)61-18-6-9-42(61)46-55-27-41(59-46)34-11-14-36-35-13-10-32(23-37(35)52(53,54)38(36)24-34)33-12-15-39-40(25-33)58-47(57-39)43-26-51(69-21-22-70-51)28-62(43)49(64)45(60-50(65)67-2)31-16-19-68-20-17-31/h3-5,7-8,10-15,23-25,27,31,42-45,56H,6,9,16-22,26,28-29H2,1-2H3,(H,55,59)(H,57,58)(H,60,65)/t42?,43-,44+,45-/m0/s1. The largest absolute Gasteiger partial charge is 0.453 e. The maximum absolute atomic E-state index is 16.7. The van der Waals surface area contributed by atoms with Crippen molar-refractivity contribution in [3.63, 3.8) is 0 Å². The van der Waals surface area contributed by atoms with Gasteiger partial charge < -0.3 is 48.8 Å². The zero-order valence-corrected chi connectivity index (χ0v) is 38.8. The highest BCUT2D eigenvalue weighted by atomic mass is 19.3. The third-order valence-electron chi connectivity index (χ3n) is 14.6. The number of amides is 3. The lowest BCUT2D eigenvalue weighted by atomic mass is 9.90. The van der Waals surface area contributed by atoms with Crippen LogP contribution in [0.15, 0.2) is 91.1 Å². The van der Waals surface area contributed by atoms with Gasteiger partial charge in [-0.3, -0.25) is 14.9 Å². The molecule has 4 saturated heterocycles. The highest BCUT2D eigenvalue weighted by molar-refractivity contribution is 5.89. The Hall–Kier alpha value is -6.57. The number of hydrogen-bond acceptors (Lipinski definition) is 11. The molecular formula is C52H54F2N8O8. The average Bonchev–Trinajstić information content (AvgIpc) is 4.27. The third-order valence-corrected chi connectivity index (χ3v) is 14.6. The van der Waals surface area contributed by atoms with Crippen molar-refractivity contribution in [1.29, 1.82) is 0 Å². The number of benzene rings is 4. The van der Waals surface area contributed by atoms with Gasteiger partial charge >= 0.3 is 6.09 Å². The van der Waals surface area contributed by atoms with Crippen molar-refractivity contribution in [2.75, 3.05) is 60.5 Å². The van der Waals surface area contributed by atoms with Crippen LogP contribution in [0.3, 0.4) is 0 Å². The van der Waals surface area contributed by atoms with E-state index in [1.54, 1.807) is 36.4 Å². The minimum atomic E-state index is -3.30.